The molecule has 302 valence electrons. The van der Waals surface area contributed by atoms with Gasteiger partial charge in [-0.25, -0.2) is 10.5 Å². The predicted molar refractivity (Wildman–Crippen MR) is 230 cm³/mol. The average molecular weight is 848 g/mol. The number of hydrogen-bond acceptors (Lipinski definition) is 5. The van der Waals surface area contributed by atoms with Gasteiger partial charge in [-0.15, -0.1) is 12.4 Å². The number of halogens is 2. The van der Waals surface area contributed by atoms with Crippen LogP contribution < -0.4 is 5.48 Å². The van der Waals surface area contributed by atoms with Crippen LogP contribution in [0.3, 0.4) is 0 Å². The molecule has 0 atom stereocenters. The minimum atomic E-state index is -0.664. The maximum absolute atomic E-state index is 11.5. The first kappa shape index (κ1) is 56.1. The number of hydrogen-bond donors (Lipinski definition) is 2. The topological polar surface area (TPSA) is 88.1 Å². The van der Waals surface area contributed by atoms with Crippen molar-refractivity contribution in [2.75, 3.05) is 33.2 Å². The van der Waals surface area contributed by atoms with Gasteiger partial charge in [0.25, 0.3) is 0 Å². The molecular weight excluding hydrogens is 763 g/mol. The average Bonchev–Trinajstić information content (AvgIpc) is 3.11. The van der Waals surface area contributed by atoms with Crippen LogP contribution in [0.4, 0.5) is 0 Å². The zero-order valence-corrected chi connectivity index (χ0v) is 36.6. The van der Waals surface area contributed by atoms with Crippen molar-refractivity contribution in [1.82, 2.24) is 10.5 Å². The first-order valence-corrected chi connectivity index (χ1v) is 21.2. The third-order valence-corrected chi connectivity index (χ3v) is 8.13. The fourth-order valence-corrected chi connectivity index (χ4v) is 4.95. The number of hydroxylamine groups is 3. The van der Waals surface area contributed by atoms with E-state index in [1.807, 2.05) is 22.6 Å². The van der Waals surface area contributed by atoms with E-state index in [4.69, 9.17) is 11.3 Å². The molecule has 0 radical (unpaired) electrons. The van der Waals surface area contributed by atoms with Crippen LogP contribution >= 0.6 is 35.0 Å². The minimum absolute atomic E-state index is 0. The van der Waals surface area contributed by atoms with Gasteiger partial charge in [0.05, 0.1) is 14.2 Å². The SMILES string of the molecule is CCCCCCCC/C=C\CCCCCCCC(=O)N(C)OC.CCCCCCCC/C=C\CCCCCCCC(=O)O.CNOC.Cl.[2H]CI. The summed E-state index contributed by atoms with van der Waals surface area (Å²) in [5, 5.41) is 9.82. The maximum Gasteiger partial charge on any atom is 0.303 e. The second kappa shape index (κ2) is 57.7. The summed E-state index contributed by atoms with van der Waals surface area (Å²) in [6.07, 6.45) is 43.2. The highest BCUT2D eigenvalue weighted by atomic mass is 127. The third kappa shape index (κ3) is 62.5. The van der Waals surface area contributed by atoms with Crippen LogP contribution in [0.1, 0.15) is 195 Å². The van der Waals surface area contributed by atoms with E-state index in [1.54, 1.807) is 21.2 Å². The molecule has 0 bridgehead atoms. The number of alkyl halides is 1. The number of carbonyl (C=O) groups is 2. The molecule has 0 aromatic rings. The van der Waals surface area contributed by atoms with Gasteiger partial charge in [-0.05, 0) is 69.1 Å². The molecule has 0 unspecified atom stereocenters. The Hall–Kier alpha value is -0.680. The van der Waals surface area contributed by atoms with Gasteiger partial charge in [0.2, 0.25) is 5.91 Å². The number of carboxylic acids is 1. The van der Waals surface area contributed by atoms with Crippen molar-refractivity contribution in [1.29, 1.82) is 0 Å². The molecule has 0 aliphatic carbocycles. The van der Waals surface area contributed by atoms with Crippen LogP contribution in [0.5, 0.6) is 0 Å². The van der Waals surface area contributed by atoms with Crippen LogP contribution in [0, 0.1) is 0 Å². The summed E-state index contributed by atoms with van der Waals surface area (Å²) < 4.78 is 6.20. The van der Waals surface area contributed by atoms with Crippen LogP contribution in [0.2, 0.25) is 0 Å². The normalized spacial score (nSPS) is 10.7. The van der Waals surface area contributed by atoms with Gasteiger partial charge in [-0.2, -0.15) is 0 Å². The van der Waals surface area contributed by atoms with E-state index in [0.29, 0.717) is 17.7 Å². The van der Waals surface area contributed by atoms with Gasteiger partial charge < -0.3 is 9.94 Å². The number of rotatable bonds is 32. The first-order chi connectivity index (χ1) is 24.3. The Morgan fingerprint density at radius 1 is 0.640 bits per heavy atom. The van der Waals surface area contributed by atoms with E-state index in [-0.39, 0.29) is 18.3 Å². The third-order valence-electron chi connectivity index (χ3n) is 8.13. The molecule has 0 saturated carbocycles. The van der Waals surface area contributed by atoms with Crippen molar-refractivity contribution in [3.8, 4) is 0 Å². The summed E-state index contributed by atoms with van der Waals surface area (Å²) in [4.78, 5) is 31.4. The molecule has 0 aromatic carbocycles. The number of carbonyl (C=O) groups excluding carboxylic acids is 1. The first-order valence-electron chi connectivity index (χ1n) is 20.4. The lowest BCUT2D eigenvalue weighted by molar-refractivity contribution is -0.168. The van der Waals surface area contributed by atoms with E-state index in [2.05, 4.69) is 48.5 Å². The van der Waals surface area contributed by atoms with Crippen molar-refractivity contribution in [2.45, 2.75) is 194 Å². The molecule has 0 aliphatic heterocycles. The molecule has 0 fully saturated rings. The molecule has 0 spiro atoms. The molecule has 0 rings (SSSR count). The van der Waals surface area contributed by atoms with Gasteiger partial charge in [-0.1, -0.05) is 163 Å². The Labute approximate surface area is 332 Å². The number of allylic oxidation sites excluding steroid dienone is 4. The standard InChI is InChI=1S/C20H39NO2.C18H34O2.C2H7NO.CH3I.ClH/c1-4-5-6-7-8-9-10-11-12-13-14-15-16-17-18-19-20(22)21(2)23-3;1-2-3-4-5-6-7-8-9-10-11-12-13-14-15-16-17-18(19)20;1-3-4-2;1-2;/h11-12H,4-10,13-19H2,1-3H3;9-10H,2-8,11-17H2,1H3,(H,19,20);3H,1-2H3;1H3;1H/b12-11-;10-9-;;;/i;;;1D;. The number of nitrogens with zero attached hydrogens (tertiary/aromatic N) is 1. The fourth-order valence-electron chi connectivity index (χ4n) is 4.95. The van der Waals surface area contributed by atoms with E-state index in [0.717, 1.165) is 25.7 Å². The van der Waals surface area contributed by atoms with Crippen molar-refractivity contribution < 1.29 is 25.7 Å². The molecule has 0 aromatic heterocycles. The number of aliphatic carboxylic acids is 1. The summed E-state index contributed by atoms with van der Waals surface area (Å²) >= 11 is 1.96. The second-order valence-corrected chi connectivity index (χ2v) is 12.5. The molecular formula is C41H84ClIN2O5. The Bertz CT molecular complexity index is 703. The van der Waals surface area contributed by atoms with E-state index < -0.39 is 5.97 Å². The van der Waals surface area contributed by atoms with Gasteiger partial charge in [-0.3, -0.25) is 14.4 Å². The lowest BCUT2D eigenvalue weighted by Gasteiger charge is -2.12. The molecule has 50 heavy (non-hydrogen) atoms. The second-order valence-electron chi connectivity index (χ2n) is 12.5. The van der Waals surface area contributed by atoms with Crippen molar-refractivity contribution >= 4 is 46.9 Å². The summed E-state index contributed by atoms with van der Waals surface area (Å²) in [6, 6.07) is 0. The molecule has 2 N–H and O–H groups in total. The Kier molecular flexibility index (Phi) is 64.6. The minimum Gasteiger partial charge on any atom is -0.481 e. The summed E-state index contributed by atoms with van der Waals surface area (Å²) in [5.41, 5.74) is 2.43. The zero-order valence-electron chi connectivity index (χ0n) is 34.6. The van der Waals surface area contributed by atoms with Gasteiger partial charge >= 0.3 is 5.97 Å². The highest BCUT2D eigenvalue weighted by Gasteiger charge is 2.06. The lowest BCUT2D eigenvalue weighted by atomic mass is 10.1. The van der Waals surface area contributed by atoms with Crippen molar-refractivity contribution in [2.24, 2.45) is 0 Å². The molecule has 7 nitrogen and oxygen atoms in total. The van der Waals surface area contributed by atoms with E-state index in [1.165, 1.54) is 153 Å². The zero-order chi connectivity index (χ0) is 38.2. The van der Waals surface area contributed by atoms with Gasteiger partial charge in [0, 0.05) is 28.3 Å². The highest BCUT2D eigenvalue weighted by Crippen LogP contribution is 2.11. The van der Waals surface area contributed by atoms with E-state index >= 15 is 0 Å². The smallest absolute Gasteiger partial charge is 0.303 e. The fraction of sp³-hybridized carbons (Fsp3) is 0.854. The number of unbranched alkanes of at least 4 members (excludes halogenated alkanes) is 22. The number of amides is 1. The monoisotopic (exact) mass is 848 g/mol. The van der Waals surface area contributed by atoms with Crippen LogP contribution in [0.15, 0.2) is 24.3 Å². The predicted octanol–water partition coefficient (Wildman–Crippen LogP) is 13.4. The summed E-state index contributed by atoms with van der Waals surface area (Å²) in [5.74, 6) is -0.590. The van der Waals surface area contributed by atoms with Gasteiger partial charge in [0.1, 0.15) is 0 Å². The maximum atomic E-state index is 11.5. The van der Waals surface area contributed by atoms with Crippen molar-refractivity contribution in [3.63, 3.8) is 0 Å². The molecule has 0 saturated heterocycles. The van der Waals surface area contributed by atoms with Crippen LogP contribution in [0.25, 0.3) is 0 Å². The van der Waals surface area contributed by atoms with E-state index in [9.17, 15) is 9.59 Å². The molecule has 9 heteroatoms. The molecule has 0 heterocycles. The Morgan fingerprint density at radius 2 is 0.920 bits per heavy atom. The number of nitrogens with one attached hydrogen (secondary N) is 1. The summed E-state index contributed by atoms with van der Waals surface area (Å²) in [7, 11) is 6.47. The van der Waals surface area contributed by atoms with Crippen LogP contribution in [-0.2, 0) is 19.3 Å². The van der Waals surface area contributed by atoms with Gasteiger partial charge in [0.15, 0.2) is 0 Å². The molecule has 0 aliphatic rings. The largest absolute Gasteiger partial charge is 0.481 e. The summed E-state index contributed by atoms with van der Waals surface area (Å²) in [6.45, 7) is 4.52. The highest BCUT2D eigenvalue weighted by molar-refractivity contribution is 14.1. The van der Waals surface area contributed by atoms with Crippen LogP contribution in [-0.4, -0.2) is 55.3 Å². The number of carboxylic acid groups (broad SMARTS) is 1. The quantitative estimate of drug-likeness (QED) is 0.0230. The lowest BCUT2D eigenvalue weighted by Crippen LogP contribution is -2.24. The Morgan fingerprint density at radius 3 is 1.20 bits per heavy atom. The Balaban J connectivity index is -0.000000231. The molecule has 1 amide bonds. The van der Waals surface area contributed by atoms with Crippen molar-refractivity contribution in [3.05, 3.63) is 24.3 Å².